The number of nitrogens with zero attached hydrogens (tertiary/aromatic N) is 1. The minimum atomic E-state index is -0.747. The fourth-order valence-corrected chi connectivity index (χ4v) is 3.37. The molecule has 8 nitrogen and oxygen atoms in total. The molecule has 27 heavy (non-hydrogen) atoms. The van der Waals surface area contributed by atoms with E-state index in [1.165, 1.54) is 24.6 Å². The molecule has 2 aliphatic rings. The number of amides is 1. The van der Waals surface area contributed by atoms with Gasteiger partial charge in [0.15, 0.2) is 6.61 Å². The topological polar surface area (TPSA) is 111 Å². The number of anilines is 1. The van der Waals surface area contributed by atoms with Crippen molar-refractivity contribution in [1.29, 1.82) is 0 Å². The molecule has 3 rings (SSSR count). The highest BCUT2D eigenvalue weighted by atomic mass is 16.6. The predicted octanol–water partition coefficient (Wildman–Crippen LogP) is 3.02. The Bertz CT molecular complexity index is 732. The average Bonchev–Trinajstić information content (AvgIpc) is 3.46. The van der Waals surface area contributed by atoms with Gasteiger partial charge in [-0.1, -0.05) is 19.8 Å². The summed E-state index contributed by atoms with van der Waals surface area (Å²) in [6.07, 6.45) is 6.23. The van der Waals surface area contributed by atoms with E-state index in [2.05, 4.69) is 17.6 Å². The van der Waals surface area contributed by atoms with Crippen LogP contribution in [-0.4, -0.2) is 35.5 Å². The van der Waals surface area contributed by atoms with E-state index in [-0.39, 0.29) is 29.2 Å². The number of nitro benzene ring substituents is 1. The zero-order chi connectivity index (χ0) is 19.4. The summed E-state index contributed by atoms with van der Waals surface area (Å²) in [5, 5.41) is 17.2. The number of hydrogen-bond donors (Lipinski definition) is 2. The lowest BCUT2D eigenvalue weighted by Crippen LogP contribution is -2.42. The van der Waals surface area contributed by atoms with Gasteiger partial charge in [0.25, 0.3) is 11.6 Å². The van der Waals surface area contributed by atoms with Crippen molar-refractivity contribution in [3.63, 3.8) is 0 Å². The van der Waals surface area contributed by atoms with Crippen molar-refractivity contribution < 1.29 is 19.2 Å². The zero-order valence-electron chi connectivity index (χ0n) is 15.4. The van der Waals surface area contributed by atoms with Gasteiger partial charge in [0, 0.05) is 18.2 Å². The van der Waals surface area contributed by atoms with E-state index < -0.39 is 17.5 Å². The molecule has 2 fully saturated rings. The van der Waals surface area contributed by atoms with Crippen molar-refractivity contribution in [1.82, 2.24) is 5.32 Å². The lowest BCUT2D eigenvalue weighted by molar-refractivity contribution is -0.384. The molecule has 0 radical (unpaired) electrons. The van der Waals surface area contributed by atoms with Gasteiger partial charge in [-0.15, -0.1) is 0 Å². The first-order chi connectivity index (χ1) is 12.9. The molecule has 0 saturated heterocycles. The summed E-state index contributed by atoms with van der Waals surface area (Å²) in [5.41, 5.74) is 0.279. The number of hydrogen-bond acceptors (Lipinski definition) is 6. The predicted molar refractivity (Wildman–Crippen MR) is 99.6 cm³/mol. The Hall–Kier alpha value is -2.64. The molecule has 0 unspecified atom stereocenters. The summed E-state index contributed by atoms with van der Waals surface area (Å²) >= 11 is 0. The number of ether oxygens (including phenoxy) is 1. The fourth-order valence-electron chi connectivity index (χ4n) is 3.37. The molecule has 8 heteroatoms. The van der Waals surface area contributed by atoms with Gasteiger partial charge >= 0.3 is 5.97 Å². The Balaban J connectivity index is 1.56. The highest BCUT2D eigenvalue weighted by Crippen LogP contribution is 2.31. The molecular weight excluding hydrogens is 350 g/mol. The van der Waals surface area contributed by atoms with Gasteiger partial charge in [0.05, 0.1) is 10.5 Å². The van der Waals surface area contributed by atoms with Crippen LogP contribution in [0.15, 0.2) is 18.2 Å². The second kappa shape index (κ2) is 8.37. The largest absolute Gasteiger partial charge is 0.452 e. The van der Waals surface area contributed by atoms with Crippen LogP contribution in [0.2, 0.25) is 0 Å². The lowest BCUT2D eigenvalue weighted by Gasteiger charge is -2.29. The van der Waals surface area contributed by atoms with E-state index in [0.29, 0.717) is 11.6 Å². The van der Waals surface area contributed by atoms with E-state index in [0.717, 1.165) is 32.1 Å². The highest BCUT2D eigenvalue weighted by Gasteiger charge is 2.26. The molecule has 2 saturated carbocycles. The molecule has 1 aromatic carbocycles. The minimum Gasteiger partial charge on any atom is -0.452 e. The molecule has 0 spiro atoms. The SMILES string of the molecule is C[C@@H]1CCCC[C@H]1NC(=O)COC(=O)c1ccc(NC2CC2)c([N+](=O)[O-])c1. The normalized spacial score (nSPS) is 22.0. The van der Waals surface area contributed by atoms with Crippen LogP contribution in [0.1, 0.15) is 55.8 Å². The van der Waals surface area contributed by atoms with Gasteiger partial charge in [0.1, 0.15) is 5.69 Å². The second-order valence-corrected chi connectivity index (χ2v) is 7.42. The van der Waals surface area contributed by atoms with Crippen molar-refractivity contribution in [2.45, 2.75) is 57.5 Å². The quantitative estimate of drug-likeness (QED) is 0.430. The second-order valence-electron chi connectivity index (χ2n) is 7.42. The lowest BCUT2D eigenvalue weighted by atomic mass is 9.86. The molecule has 0 aromatic heterocycles. The van der Waals surface area contributed by atoms with Gasteiger partial charge in [-0.3, -0.25) is 14.9 Å². The van der Waals surface area contributed by atoms with Gasteiger partial charge in [-0.05, 0) is 43.7 Å². The van der Waals surface area contributed by atoms with Crippen LogP contribution in [0.5, 0.6) is 0 Å². The van der Waals surface area contributed by atoms with Crippen LogP contribution in [-0.2, 0) is 9.53 Å². The standard InChI is InChI=1S/C19H25N3O5/c1-12-4-2-3-5-15(12)21-18(23)11-27-19(24)13-6-9-16(20-14-7-8-14)17(10-13)22(25)26/h6,9-10,12,14-15,20H,2-5,7-8,11H2,1H3,(H,21,23)/t12-,15-/m1/s1. The van der Waals surface area contributed by atoms with Gasteiger partial charge in [-0.25, -0.2) is 4.79 Å². The van der Waals surface area contributed by atoms with Crippen molar-refractivity contribution in [2.75, 3.05) is 11.9 Å². The van der Waals surface area contributed by atoms with Gasteiger partial charge < -0.3 is 15.4 Å². The van der Waals surface area contributed by atoms with Gasteiger partial charge in [0.2, 0.25) is 0 Å². The van der Waals surface area contributed by atoms with Gasteiger partial charge in [-0.2, -0.15) is 0 Å². The molecule has 0 bridgehead atoms. The molecule has 0 heterocycles. The Morgan fingerprint density at radius 3 is 2.63 bits per heavy atom. The summed E-state index contributed by atoms with van der Waals surface area (Å²) in [6, 6.07) is 4.54. The van der Waals surface area contributed by atoms with Crippen LogP contribution < -0.4 is 10.6 Å². The fraction of sp³-hybridized carbons (Fsp3) is 0.579. The van der Waals surface area contributed by atoms with E-state index >= 15 is 0 Å². The number of rotatable bonds is 7. The van der Waals surface area contributed by atoms with Crippen LogP contribution in [0.3, 0.4) is 0 Å². The summed E-state index contributed by atoms with van der Waals surface area (Å²) in [5.74, 6) is -0.681. The molecule has 2 N–H and O–H groups in total. The highest BCUT2D eigenvalue weighted by molar-refractivity contribution is 5.93. The van der Waals surface area contributed by atoms with Crippen LogP contribution in [0, 0.1) is 16.0 Å². The molecule has 2 aliphatic carbocycles. The first-order valence-electron chi connectivity index (χ1n) is 9.45. The molecular formula is C19H25N3O5. The number of benzene rings is 1. The van der Waals surface area contributed by atoms with Crippen molar-refractivity contribution in [3.05, 3.63) is 33.9 Å². The van der Waals surface area contributed by atoms with E-state index in [1.807, 2.05) is 0 Å². The Kier molecular flexibility index (Phi) is 5.93. The van der Waals surface area contributed by atoms with Crippen molar-refractivity contribution >= 4 is 23.3 Å². The first-order valence-corrected chi connectivity index (χ1v) is 9.45. The molecule has 1 aromatic rings. The minimum absolute atomic E-state index is 0.0573. The Labute approximate surface area is 157 Å². The number of carbonyl (C=O) groups is 2. The average molecular weight is 375 g/mol. The van der Waals surface area contributed by atoms with Crippen LogP contribution in [0.4, 0.5) is 11.4 Å². The number of nitrogens with one attached hydrogen (secondary N) is 2. The summed E-state index contributed by atoms with van der Waals surface area (Å²) in [4.78, 5) is 35.0. The molecule has 2 atom stereocenters. The molecule has 0 aliphatic heterocycles. The summed E-state index contributed by atoms with van der Waals surface area (Å²) in [7, 11) is 0. The number of nitro groups is 1. The van der Waals surface area contributed by atoms with Crippen LogP contribution >= 0.6 is 0 Å². The Morgan fingerprint density at radius 2 is 1.96 bits per heavy atom. The third-order valence-corrected chi connectivity index (χ3v) is 5.16. The summed E-state index contributed by atoms with van der Waals surface area (Å²) < 4.78 is 5.04. The maximum Gasteiger partial charge on any atom is 0.338 e. The zero-order valence-corrected chi connectivity index (χ0v) is 15.4. The smallest absolute Gasteiger partial charge is 0.338 e. The monoisotopic (exact) mass is 375 g/mol. The molecule has 146 valence electrons. The first kappa shape index (κ1) is 19.1. The molecule has 1 amide bonds. The Morgan fingerprint density at radius 1 is 1.22 bits per heavy atom. The number of esters is 1. The number of carbonyl (C=O) groups excluding carboxylic acids is 2. The maximum atomic E-state index is 12.2. The van der Waals surface area contributed by atoms with E-state index in [4.69, 9.17) is 4.74 Å². The van der Waals surface area contributed by atoms with Crippen molar-refractivity contribution in [3.8, 4) is 0 Å². The van der Waals surface area contributed by atoms with E-state index in [1.54, 1.807) is 0 Å². The van der Waals surface area contributed by atoms with E-state index in [9.17, 15) is 19.7 Å². The van der Waals surface area contributed by atoms with Crippen molar-refractivity contribution in [2.24, 2.45) is 5.92 Å². The summed E-state index contributed by atoms with van der Waals surface area (Å²) in [6.45, 7) is 1.71. The van der Waals surface area contributed by atoms with Crippen LogP contribution in [0.25, 0.3) is 0 Å². The third kappa shape index (κ3) is 5.18. The maximum absolute atomic E-state index is 12.2. The third-order valence-electron chi connectivity index (χ3n) is 5.16.